The Morgan fingerprint density at radius 2 is 1.77 bits per heavy atom. The predicted molar refractivity (Wildman–Crippen MR) is 93.9 cm³/mol. The Bertz CT molecular complexity index is 543. The summed E-state index contributed by atoms with van der Waals surface area (Å²) in [6, 6.07) is 7.90. The quantitative estimate of drug-likeness (QED) is 0.429. The third-order valence-electron chi connectivity index (χ3n) is 2.78. The molecule has 0 saturated carbocycles. The molecule has 0 bridgehead atoms. The van der Waals surface area contributed by atoms with Crippen LogP contribution in [0.15, 0.2) is 55.7 Å². The number of rotatable bonds is 7. The summed E-state index contributed by atoms with van der Waals surface area (Å²) in [5, 5.41) is 0. The SMILES string of the molecule is C=CCN(CC=C)c1ccccc1/C=C/C(=O)OC(C)(C)C. The highest BCUT2D eigenvalue weighted by atomic mass is 16.6. The number of ether oxygens (including phenoxy) is 1. The molecule has 0 N–H and O–H groups in total. The second-order valence-corrected chi connectivity index (χ2v) is 5.91. The van der Waals surface area contributed by atoms with Crippen LogP contribution in [0, 0.1) is 0 Å². The minimum Gasteiger partial charge on any atom is -0.457 e. The van der Waals surface area contributed by atoms with Crippen molar-refractivity contribution < 1.29 is 9.53 Å². The summed E-state index contributed by atoms with van der Waals surface area (Å²) in [5.41, 5.74) is 1.50. The summed E-state index contributed by atoms with van der Waals surface area (Å²) in [6.45, 7) is 14.5. The maximum absolute atomic E-state index is 11.8. The highest BCUT2D eigenvalue weighted by Crippen LogP contribution is 2.22. The lowest BCUT2D eigenvalue weighted by Gasteiger charge is -2.23. The number of para-hydroxylation sites is 1. The van der Waals surface area contributed by atoms with E-state index in [0.29, 0.717) is 13.1 Å². The van der Waals surface area contributed by atoms with Gasteiger partial charge < -0.3 is 9.64 Å². The van der Waals surface area contributed by atoms with Crippen LogP contribution in [0.3, 0.4) is 0 Å². The lowest BCUT2D eigenvalue weighted by molar-refractivity contribution is -0.148. The molecule has 0 unspecified atom stereocenters. The van der Waals surface area contributed by atoms with Crippen molar-refractivity contribution in [1.29, 1.82) is 0 Å². The molecular formula is C19H25NO2. The van der Waals surface area contributed by atoms with Crippen molar-refractivity contribution in [1.82, 2.24) is 0 Å². The number of hydrogen-bond donors (Lipinski definition) is 0. The highest BCUT2D eigenvalue weighted by molar-refractivity contribution is 5.88. The van der Waals surface area contributed by atoms with E-state index in [-0.39, 0.29) is 5.97 Å². The van der Waals surface area contributed by atoms with E-state index < -0.39 is 5.60 Å². The zero-order valence-electron chi connectivity index (χ0n) is 13.7. The first-order chi connectivity index (χ1) is 10.4. The van der Waals surface area contributed by atoms with E-state index in [1.54, 1.807) is 6.08 Å². The second-order valence-electron chi connectivity index (χ2n) is 5.91. The first-order valence-electron chi connectivity index (χ1n) is 7.34. The van der Waals surface area contributed by atoms with Gasteiger partial charge in [-0.15, -0.1) is 13.2 Å². The molecule has 3 heteroatoms. The van der Waals surface area contributed by atoms with Crippen molar-refractivity contribution >= 4 is 17.7 Å². The third kappa shape index (κ3) is 6.00. The molecule has 0 atom stereocenters. The first kappa shape index (κ1) is 17.8. The van der Waals surface area contributed by atoms with Gasteiger partial charge in [0.2, 0.25) is 0 Å². The van der Waals surface area contributed by atoms with E-state index in [4.69, 9.17) is 4.74 Å². The number of esters is 1. The van der Waals surface area contributed by atoms with Gasteiger partial charge in [-0.1, -0.05) is 30.4 Å². The van der Waals surface area contributed by atoms with Crippen LogP contribution >= 0.6 is 0 Å². The monoisotopic (exact) mass is 299 g/mol. The second kappa shape index (κ2) is 8.23. The summed E-state index contributed by atoms with van der Waals surface area (Å²) in [4.78, 5) is 13.9. The molecular weight excluding hydrogens is 274 g/mol. The highest BCUT2D eigenvalue weighted by Gasteiger charge is 2.14. The number of nitrogens with zero attached hydrogens (tertiary/aromatic N) is 1. The number of carbonyl (C=O) groups is 1. The Balaban J connectivity index is 2.98. The van der Waals surface area contributed by atoms with Gasteiger partial charge in [-0.3, -0.25) is 0 Å². The van der Waals surface area contributed by atoms with Crippen molar-refractivity contribution in [3.63, 3.8) is 0 Å². The van der Waals surface area contributed by atoms with Gasteiger partial charge >= 0.3 is 5.97 Å². The topological polar surface area (TPSA) is 29.5 Å². The molecule has 0 aliphatic carbocycles. The first-order valence-corrected chi connectivity index (χ1v) is 7.34. The predicted octanol–water partition coefficient (Wildman–Crippen LogP) is 4.22. The van der Waals surface area contributed by atoms with E-state index in [1.165, 1.54) is 6.08 Å². The van der Waals surface area contributed by atoms with Gasteiger partial charge in [0.1, 0.15) is 5.60 Å². The van der Waals surface area contributed by atoms with Crippen LogP contribution in [0.5, 0.6) is 0 Å². The number of anilines is 1. The van der Waals surface area contributed by atoms with Crippen molar-refractivity contribution in [2.75, 3.05) is 18.0 Å². The van der Waals surface area contributed by atoms with Gasteiger partial charge in [0.25, 0.3) is 0 Å². The van der Waals surface area contributed by atoms with Crippen molar-refractivity contribution in [3.8, 4) is 0 Å². The van der Waals surface area contributed by atoms with Crippen molar-refractivity contribution in [2.24, 2.45) is 0 Å². The number of benzene rings is 1. The fourth-order valence-electron chi connectivity index (χ4n) is 1.99. The van der Waals surface area contributed by atoms with E-state index in [0.717, 1.165) is 11.3 Å². The molecule has 3 nitrogen and oxygen atoms in total. The van der Waals surface area contributed by atoms with Gasteiger partial charge in [-0.2, -0.15) is 0 Å². The molecule has 22 heavy (non-hydrogen) atoms. The van der Waals surface area contributed by atoms with Gasteiger partial charge in [-0.25, -0.2) is 4.79 Å². The van der Waals surface area contributed by atoms with E-state index in [9.17, 15) is 4.79 Å². The minimum absolute atomic E-state index is 0.346. The summed E-state index contributed by atoms with van der Waals surface area (Å²) in [7, 11) is 0. The molecule has 0 aliphatic rings. The summed E-state index contributed by atoms with van der Waals surface area (Å²) in [6.07, 6.45) is 6.93. The molecule has 0 saturated heterocycles. The molecule has 0 heterocycles. The number of carbonyl (C=O) groups excluding carboxylic acids is 1. The maximum Gasteiger partial charge on any atom is 0.331 e. The molecule has 0 amide bonds. The largest absolute Gasteiger partial charge is 0.457 e. The molecule has 0 aromatic heterocycles. The van der Waals surface area contributed by atoms with E-state index in [2.05, 4.69) is 18.1 Å². The summed E-state index contributed by atoms with van der Waals surface area (Å²) >= 11 is 0. The Hall–Kier alpha value is -2.29. The van der Waals surface area contributed by atoms with Crippen molar-refractivity contribution in [2.45, 2.75) is 26.4 Å². The van der Waals surface area contributed by atoms with Gasteiger partial charge in [-0.05, 0) is 38.5 Å². The molecule has 1 aromatic rings. The normalized spacial score (nSPS) is 11.2. The van der Waals surface area contributed by atoms with Crippen molar-refractivity contribution in [3.05, 3.63) is 61.2 Å². The number of hydrogen-bond acceptors (Lipinski definition) is 3. The van der Waals surface area contributed by atoms with Gasteiger partial charge in [0.05, 0.1) is 0 Å². The third-order valence-corrected chi connectivity index (χ3v) is 2.78. The van der Waals surface area contributed by atoms with E-state index in [1.807, 2.05) is 57.2 Å². The lowest BCUT2D eigenvalue weighted by Crippen LogP contribution is -2.24. The summed E-state index contributed by atoms with van der Waals surface area (Å²) in [5.74, 6) is -0.346. The Morgan fingerprint density at radius 3 is 2.32 bits per heavy atom. The fourth-order valence-corrected chi connectivity index (χ4v) is 1.99. The van der Waals surface area contributed by atoms with Crippen LogP contribution in [-0.4, -0.2) is 24.7 Å². The molecule has 0 aliphatic heterocycles. The van der Waals surface area contributed by atoms with Crippen LogP contribution in [0.25, 0.3) is 6.08 Å². The molecule has 1 aromatic carbocycles. The molecule has 0 radical (unpaired) electrons. The molecule has 1 rings (SSSR count). The molecule has 118 valence electrons. The lowest BCUT2D eigenvalue weighted by atomic mass is 10.1. The van der Waals surface area contributed by atoms with Gasteiger partial charge in [0, 0.05) is 24.9 Å². The molecule has 0 fully saturated rings. The smallest absolute Gasteiger partial charge is 0.331 e. The standard InChI is InChI=1S/C19H25NO2/c1-6-14-20(15-7-2)17-11-9-8-10-16(17)12-13-18(21)22-19(3,4)5/h6-13H,1-2,14-15H2,3-5H3/b13-12+. The molecule has 0 spiro atoms. The average Bonchev–Trinajstić information content (AvgIpc) is 2.43. The Labute approximate surface area is 133 Å². The van der Waals surface area contributed by atoms with Crippen LogP contribution in [-0.2, 0) is 9.53 Å². The van der Waals surface area contributed by atoms with Crippen LogP contribution in [0.4, 0.5) is 5.69 Å². The maximum atomic E-state index is 11.8. The fraction of sp³-hybridized carbons (Fsp3) is 0.316. The van der Waals surface area contributed by atoms with Crippen LogP contribution in [0.2, 0.25) is 0 Å². The Kier molecular flexibility index (Phi) is 6.64. The average molecular weight is 299 g/mol. The van der Waals surface area contributed by atoms with Crippen LogP contribution in [0.1, 0.15) is 26.3 Å². The zero-order chi connectivity index (χ0) is 16.6. The minimum atomic E-state index is -0.487. The Morgan fingerprint density at radius 1 is 1.18 bits per heavy atom. The summed E-state index contributed by atoms with van der Waals surface area (Å²) < 4.78 is 5.28. The van der Waals surface area contributed by atoms with Crippen LogP contribution < -0.4 is 4.90 Å². The van der Waals surface area contributed by atoms with Gasteiger partial charge in [0.15, 0.2) is 0 Å². The van der Waals surface area contributed by atoms with E-state index >= 15 is 0 Å². The zero-order valence-corrected chi connectivity index (χ0v) is 13.7.